The molecule has 1 saturated heterocycles. The molecule has 0 amide bonds. The molecule has 1 aliphatic heterocycles. The van der Waals surface area contributed by atoms with Crippen LogP contribution in [0.15, 0.2) is 0 Å². The van der Waals surface area contributed by atoms with E-state index in [0.29, 0.717) is 0 Å². The zero-order valence-electron chi connectivity index (χ0n) is 7.27. The van der Waals surface area contributed by atoms with Gasteiger partial charge in [-0.05, 0) is 19.5 Å². The van der Waals surface area contributed by atoms with E-state index in [1.807, 2.05) is 0 Å². The quantitative estimate of drug-likeness (QED) is 0.541. The van der Waals surface area contributed by atoms with Crippen LogP contribution in [0.3, 0.4) is 0 Å². The third-order valence-electron chi connectivity index (χ3n) is 2.53. The van der Waals surface area contributed by atoms with Gasteiger partial charge in [0, 0.05) is 0 Å². The van der Waals surface area contributed by atoms with Gasteiger partial charge in [0.2, 0.25) is 6.85 Å². The lowest BCUT2D eigenvalue weighted by molar-refractivity contribution is 0.489. The molecule has 1 rings (SSSR count). The van der Waals surface area contributed by atoms with Crippen LogP contribution in [0.5, 0.6) is 0 Å². The van der Waals surface area contributed by atoms with Crippen molar-refractivity contribution >= 4 is 6.85 Å². The van der Waals surface area contributed by atoms with E-state index in [1.54, 1.807) is 0 Å². The van der Waals surface area contributed by atoms with Gasteiger partial charge >= 0.3 is 0 Å². The summed E-state index contributed by atoms with van der Waals surface area (Å²) in [6.45, 7) is 8.08. The lowest BCUT2D eigenvalue weighted by Crippen LogP contribution is -2.32. The highest BCUT2D eigenvalue weighted by atomic mass is 15.1. The van der Waals surface area contributed by atoms with E-state index < -0.39 is 0 Å². The summed E-state index contributed by atoms with van der Waals surface area (Å²) in [5, 5.41) is 0. The van der Waals surface area contributed by atoms with Crippen molar-refractivity contribution in [2.45, 2.75) is 39.3 Å². The topological polar surface area (TPSA) is 3.24 Å². The van der Waals surface area contributed by atoms with Crippen LogP contribution in [-0.2, 0) is 0 Å². The van der Waals surface area contributed by atoms with Crippen molar-refractivity contribution < 1.29 is 0 Å². The minimum Gasteiger partial charge on any atom is -0.342 e. The van der Waals surface area contributed by atoms with E-state index in [4.69, 9.17) is 0 Å². The second-order valence-electron chi connectivity index (χ2n) is 3.21. The van der Waals surface area contributed by atoms with Gasteiger partial charge in [0.25, 0.3) is 0 Å². The molecule has 0 spiro atoms. The molecule has 1 aliphatic rings. The fraction of sp³-hybridized carbons (Fsp3) is 1.00. The summed E-state index contributed by atoms with van der Waals surface area (Å²) < 4.78 is 0. The lowest BCUT2D eigenvalue weighted by Gasteiger charge is -2.18. The Labute approximate surface area is 64.9 Å². The summed E-state index contributed by atoms with van der Waals surface area (Å²) in [5.74, 6) is 0. The van der Waals surface area contributed by atoms with E-state index in [9.17, 15) is 0 Å². The van der Waals surface area contributed by atoms with Crippen LogP contribution in [0.2, 0.25) is 12.6 Å². The molecular formula is C8H18BN. The van der Waals surface area contributed by atoms with E-state index in [0.717, 1.165) is 6.85 Å². The molecule has 0 radical (unpaired) electrons. The SMILES string of the molecule is CCCB1CCCN1CC. The van der Waals surface area contributed by atoms with E-state index in [-0.39, 0.29) is 0 Å². The monoisotopic (exact) mass is 139 g/mol. The van der Waals surface area contributed by atoms with Gasteiger partial charge < -0.3 is 4.81 Å². The van der Waals surface area contributed by atoms with Crippen LogP contribution in [0.1, 0.15) is 26.7 Å². The fourth-order valence-corrected chi connectivity index (χ4v) is 1.97. The Morgan fingerprint density at radius 1 is 1.40 bits per heavy atom. The maximum Gasteiger partial charge on any atom is 0.223 e. The Morgan fingerprint density at radius 2 is 2.20 bits per heavy atom. The second-order valence-corrected chi connectivity index (χ2v) is 3.21. The highest BCUT2D eigenvalue weighted by molar-refractivity contribution is 6.56. The number of rotatable bonds is 3. The molecule has 1 heterocycles. The van der Waals surface area contributed by atoms with Gasteiger partial charge in [-0.25, -0.2) is 0 Å². The zero-order chi connectivity index (χ0) is 7.40. The molecule has 0 aromatic carbocycles. The molecule has 0 saturated carbocycles. The van der Waals surface area contributed by atoms with E-state index in [2.05, 4.69) is 18.7 Å². The Balaban J connectivity index is 2.27. The van der Waals surface area contributed by atoms with E-state index >= 15 is 0 Å². The van der Waals surface area contributed by atoms with Crippen molar-refractivity contribution in [3.05, 3.63) is 0 Å². The van der Waals surface area contributed by atoms with Crippen molar-refractivity contribution in [3.63, 3.8) is 0 Å². The minimum atomic E-state index is 0.926. The van der Waals surface area contributed by atoms with Crippen LogP contribution in [-0.4, -0.2) is 24.7 Å². The summed E-state index contributed by atoms with van der Waals surface area (Å²) in [4.78, 5) is 2.61. The molecule has 0 aromatic rings. The summed E-state index contributed by atoms with van der Waals surface area (Å²) in [6, 6.07) is 0. The maximum absolute atomic E-state index is 2.61. The first-order valence-corrected chi connectivity index (χ1v) is 4.62. The van der Waals surface area contributed by atoms with E-state index in [1.165, 1.54) is 38.6 Å². The summed E-state index contributed by atoms with van der Waals surface area (Å²) in [7, 11) is 0. The molecule has 0 N–H and O–H groups in total. The van der Waals surface area contributed by atoms with Crippen molar-refractivity contribution in [1.29, 1.82) is 0 Å². The maximum atomic E-state index is 2.61. The highest BCUT2D eigenvalue weighted by Gasteiger charge is 2.25. The normalized spacial score (nSPS) is 20.4. The molecule has 1 nitrogen and oxygen atoms in total. The number of nitrogens with zero attached hydrogens (tertiary/aromatic N) is 1. The molecule has 0 aliphatic carbocycles. The van der Waals surface area contributed by atoms with Gasteiger partial charge in [0.05, 0.1) is 0 Å². The molecule has 2 heteroatoms. The predicted molar refractivity (Wildman–Crippen MR) is 47.5 cm³/mol. The van der Waals surface area contributed by atoms with Crippen molar-refractivity contribution in [2.24, 2.45) is 0 Å². The minimum absolute atomic E-state index is 0.926. The Kier molecular flexibility index (Phi) is 3.27. The van der Waals surface area contributed by atoms with Gasteiger partial charge in [-0.3, -0.25) is 0 Å². The zero-order valence-corrected chi connectivity index (χ0v) is 7.27. The molecule has 1 fully saturated rings. The Bertz CT molecular complexity index is 95.3. The molecule has 0 unspecified atom stereocenters. The third-order valence-corrected chi connectivity index (χ3v) is 2.53. The first kappa shape index (κ1) is 8.12. The number of hydrogen-bond acceptors (Lipinski definition) is 1. The van der Waals surface area contributed by atoms with Crippen molar-refractivity contribution in [3.8, 4) is 0 Å². The lowest BCUT2D eigenvalue weighted by atomic mass is 9.56. The first-order chi connectivity index (χ1) is 4.88. The highest BCUT2D eigenvalue weighted by Crippen LogP contribution is 2.18. The average Bonchev–Trinajstić information content (AvgIpc) is 2.36. The van der Waals surface area contributed by atoms with Crippen LogP contribution in [0.25, 0.3) is 0 Å². The van der Waals surface area contributed by atoms with Gasteiger partial charge in [0.1, 0.15) is 0 Å². The van der Waals surface area contributed by atoms with Gasteiger partial charge in [-0.15, -0.1) is 0 Å². The molecule has 58 valence electrons. The predicted octanol–water partition coefficient (Wildman–Crippen LogP) is 2.11. The van der Waals surface area contributed by atoms with Gasteiger partial charge in [0.15, 0.2) is 0 Å². The average molecular weight is 139 g/mol. The molecule has 0 atom stereocenters. The van der Waals surface area contributed by atoms with Gasteiger partial charge in [-0.2, -0.15) is 0 Å². The van der Waals surface area contributed by atoms with Crippen molar-refractivity contribution in [1.82, 2.24) is 4.81 Å². The molecule has 0 aromatic heterocycles. The van der Waals surface area contributed by atoms with Crippen molar-refractivity contribution in [2.75, 3.05) is 13.1 Å². The summed E-state index contributed by atoms with van der Waals surface area (Å²) in [6.07, 6.45) is 5.63. The van der Waals surface area contributed by atoms with Crippen LogP contribution >= 0.6 is 0 Å². The summed E-state index contributed by atoms with van der Waals surface area (Å²) >= 11 is 0. The second kappa shape index (κ2) is 4.02. The first-order valence-electron chi connectivity index (χ1n) is 4.62. The summed E-state index contributed by atoms with van der Waals surface area (Å²) in [5.41, 5.74) is 0. The van der Waals surface area contributed by atoms with Crippen LogP contribution in [0.4, 0.5) is 0 Å². The van der Waals surface area contributed by atoms with Gasteiger partial charge in [-0.1, -0.05) is 32.9 Å². The third kappa shape index (κ3) is 1.75. The molecule has 0 bridgehead atoms. The standard InChI is InChI=1S/C8H18BN/c1-3-6-9-7-5-8-10(9)4-2/h3-8H2,1-2H3. The smallest absolute Gasteiger partial charge is 0.223 e. The largest absolute Gasteiger partial charge is 0.342 e. The Morgan fingerprint density at radius 3 is 2.80 bits per heavy atom. The van der Waals surface area contributed by atoms with Crippen LogP contribution in [0, 0.1) is 0 Å². The fourth-order valence-electron chi connectivity index (χ4n) is 1.97. The van der Waals surface area contributed by atoms with Crippen LogP contribution < -0.4 is 0 Å². The molecule has 10 heavy (non-hydrogen) atoms. The molecular weight excluding hydrogens is 121 g/mol. The number of hydrogen-bond donors (Lipinski definition) is 0. The Hall–Kier alpha value is 0.0249.